The molecule has 0 aliphatic carbocycles. The fourth-order valence-corrected chi connectivity index (χ4v) is 2.59. The van der Waals surface area contributed by atoms with E-state index in [-0.39, 0.29) is 0 Å². The quantitative estimate of drug-likeness (QED) is 0.732. The summed E-state index contributed by atoms with van der Waals surface area (Å²) in [5.74, 6) is 0.889. The van der Waals surface area contributed by atoms with Gasteiger partial charge in [0.05, 0.1) is 5.56 Å². The Bertz CT molecular complexity index is 734. The molecule has 0 saturated heterocycles. The topological polar surface area (TPSA) is 52.0 Å². The summed E-state index contributed by atoms with van der Waals surface area (Å²) in [6.07, 6.45) is 0. The maximum atomic E-state index is 6.03. The molecular weight excluding hydrogens is 295 g/mol. The number of rotatable bonds is 2. The second-order valence-electron chi connectivity index (χ2n) is 4.30. The van der Waals surface area contributed by atoms with Crippen LogP contribution in [0.5, 0.6) is 0 Å². The van der Waals surface area contributed by atoms with Crippen LogP contribution in [0.15, 0.2) is 53.1 Å². The number of nitrogens with zero attached hydrogens (tertiary/aromatic N) is 1. The molecule has 3 nitrogen and oxygen atoms in total. The highest BCUT2D eigenvalue weighted by molar-refractivity contribution is 6.35. The molecule has 3 aromatic rings. The van der Waals surface area contributed by atoms with Gasteiger partial charge in [-0.3, -0.25) is 0 Å². The van der Waals surface area contributed by atoms with E-state index in [4.69, 9.17) is 33.5 Å². The number of halogens is 2. The van der Waals surface area contributed by atoms with E-state index in [2.05, 4.69) is 5.16 Å². The standard InChI is InChI=1S/C15H10Cl2N2O/c16-11-6-10(7-12(17)8-11)14-13(15(18)19-20-14)9-4-2-1-3-5-9/h1-8H,(H2,18,19). The highest BCUT2D eigenvalue weighted by atomic mass is 35.5. The molecule has 2 aromatic carbocycles. The van der Waals surface area contributed by atoms with E-state index in [1.54, 1.807) is 18.2 Å². The van der Waals surface area contributed by atoms with Crippen molar-refractivity contribution in [3.63, 3.8) is 0 Å². The van der Waals surface area contributed by atoms with Crippen LogP contribution in [0, 0.1) is 0 Å². The highest BCUT2D eigenvalue weighted by Gasteiger charge is 2.18. The maximum absolute atomic E-state index is 6.03. The summed E-state index contributed by atoms with van der Waals surface area (Å²) in [6, 6.07) is 14.9. The summed E-state index contributed by atoms with van der Waals surface area (Å²) in [6.45, 7) is 0. The second-order valence-corrected chi connectivity index (χ2v) is 5.17. The van der Waals surface area contributed by atoms with Gasteiger partial charge in [-0.25, -0.2) is 0 Å². The Balaban J connectivity index is 2.21. The van der Waals surface area contributed by atoms with E-state index in [0.29, 0.717) is 21.6 Å². The molecule has 1 aromatic heterocycles. The molecular formula is C15H10Cl2N2O. The van der Waals surface area contributed by atoms with Crippen LogP contribution in [0.1, 0.15) is 0 Å². The van der Waals surface area contributed by atoms with Gasteiger partial charge in [0.25, 0.3) is 0 Å². The predicted octanol–water partition coefficient (Wildman–Crippen LogP) is 4.90. The number of aromatic nitrogens is 1. The van der Waals surface area contributed by atoms with E-state index in [1.807, 2.05) is 30.3 Å². The van der Waals surface area contributed by atoms with E-state index in [1.165, 1.54) is 0 Å². The van der Waals surface area contributed by atoms with Crippen molar-refractivity contribution in [3.8, 4) is 22.5 Å². The van der Waals surface area contributed by atoms with E-state index < -0.39 is 0 Å². The maximum Gasteiger partial charge on any atom is 0.177 e. The third-order valence-electron chi connectivity index (χ3n) is 2.91. The van der Waals surface area contributed by atoms with Crippen LogP contribution in [0.4, 0.5) is 5.82 Å². The lowest BCUT2D eigenvalue weighted by Gasteiger charge is -2.04. The molecule has 0 fully saturated rings. The predicted molar refractivity (Wildman–Crippen MR) is 81.8 cm³/mol. The second kappa shape index (κ2) is 5.19. The summed E-state index contributed by atoms with van der Waals surface area (Å²) in [5.41, 5.74) is 8.33. The van der Waals surface area contributed by atoms with Crippen LogP contribution in [0.25, 0.3) is 22.5 Å². The zero-order chi connectivity index (χ0) is 14.1. The molecule has 0 saturated carbocycles. The van der Waals surface area contributed by atoms with Gasteiger partial charge < -0.3 is 10.3 Å². The number of nitrogen functional groups attached to an aromatic ring is 1. The smallest absolute Gasteiger partial charge is 0.177 e. The van der Waals surface area contributed by atoms with Gasteiger partial charge in [0.1, 0.15) is 0 Å². The highest BCUT2D eigenvalue weighted by Crippen LogP contribution is 2.38. The van der Waals surface area contributed by atoms with Gasteiger partial charge in [0.2, 0.25) is 0 Å². The largest absolute Gasteiger partial charge is 0.380 e. The zero-order valence-corrected chi connectivity index (χ0v) is 11.8. The molecule has 0 amide bonds. The van der Waals surface area contributed by atoms with Crippen LogP contribution in [-0.4, -0.2) is 5.16 Å². The normalized spacial score (nSPS) is 10.7. The number of hydrogen-bond donors (Lipinski definition) is 1. The van der Waals surface area contributed by atoms with Crippen LogP contribution >= 0.6 is 23.2 Å². The van der Waals surface area contributed by atoms with Crippen molar-refractivity contribution in [2.75, 3.05) is 5.73 Å². The van der Waals surface area contributed by atoms with Crippen LogP contribution < -0.4 is 5.73 Å². The minimum Gasteiger partial charge on any atom is -0.380 e. The lowest BCUT2D eigenvalue weighted by Crippen LogP contribution is -1.88. The summed E-state index contributed by atoms with van der Waals surface area (Å²) < 4.78 is 5.35. The number of hydrogen-bond acceptors (Lipinski definition) is 3. The first-order chi connectivity index (χ1) is 9.65. The number of anilines is 1. The summed E-state index contributed by atoms with van der Waals surface area (Å²) in [4.78, 5) is 0. The average molecular weight is 305 g/mol. The van der Waals surface area contributed by atoms with Crippen LogP contribution in [-0.2, 0) is 0 Å². The van der Waals surface area contributed by atoms with Crippen molar-refractivity contribution in [1.29, 1.82) is 0 Å². The molecule has 0 spiro atoms. The molecule has 0 bridgehead atoms. The number of benzene rings is 2. The molecule has 0 radical (unpaired) electrons. The first-order valence-electron chi connectivity index (χ1n) is 5.92. The van der Waals surface area contributed by atoms with Crippen LogP contribution in [0.2, 0.25) is 10.0 Å². The fourth-order valence-electron chi connectivity index (χ4n) is 2.07. The van der Waals surface area contributed by atoms with Gasteiger partial charge in [-0.2, -0.15) is 0 Å². The van der Waals surface area contributed by atoms with Crippen molar-refractivity contribution in [1.82, 2.24) is 5.16 Å². The fraction of sp³-hybridized carbons (Fsp3) is 0. The average Bonchev–Trinajstić information content (AvgIpc) is 2.80. The summed E-state index contributed by atoms with van der Waals surface area (Å²) >= 11 is 12.1. The SMILES string of the molecule is Nc1noc(-c2cc(Cl)cc(Cl)c2)c1-c1ccccc1. The minimum absolute atomic E-state index is 0.335. The van der Waals surface area contributed by atoms with Gasteiger partial charge in [0, 0.05) is 15.6 Å². The van der Waals surface area contributed by atoms with E-state index >= 15 is 0 Å². The third-order valence-corrected chi connectivity index (χ3v) is 3.34. The lowest BCUT2D eigenvalue weighted by molar-refractivity contribution is 0.436. The molecule has 0 aliphatic rings. The van der Waals surface area contributed by atoms with Gasteiger partial charge >= 0.3 is 0 Å². The Morgan fingerprint density at radius 2 is 1.55 bits per heavy atom. The molecule has 5 heteroatoms. The van der Waals surface area contributed by atoms with Crippen molar-refractivity contribution in [2.24, 2.45) is 0 Å². The molecule has 3 rings (SSSR count). The molecule has 0 atom stereocenters. The Morgan fingerprint density at radius 3 is 2.20 bits per heavy atom. The molecule has 1 heterocycles. The van der Waals surface area contributed by atoms with Gasteiger partial charge in [-0.05, 0) is 23.8 Å². The minimum atomic E-state index is 0.335. The lowest BCUT2D eigenvalue weighted by atomic mass is 10.0. The van der Waals surface area contributed by atoms with Gasteiger partial charge in [-0.1, -0.05) is 58.7 Å². The Morgan fingerprint density at radius 1 is 0.900 bits per heavy atom. The molecule has 0 unspecified atom stereocenters. The Hall–Kier alpha value is -1.97. The first-order valence-corrected chi connectivity index (χ1v) is 6.68. The van der Waals surface area contributed by atoms with Gasteiger partial charge in [0.15, 0.2) is 11.6 Å². The van der Waals surface area contributed by atoms with Gasteiger partial charge in [-0.15, -0.1) is 0 Å². The van der Waals surface area contributed by atoms with Crippen molar-refractivity contribution in [2.45, 2.75) is 0 Å². The Labute approximate surface area is 125 Å². The third kappa shape index (κ3) is 2.38. The zero-order valence-electron chi connectivity index (χ0n) is 10.3. The summed E-state index contributed by atoms with van der Waals surface area (Å²) in [5, 5.41) is 4.90. The first kappa shape index (κ1) is 13.0. The molecule has 2 N–H and O–H groups in total. The summed E-state index contributed by atoms with van der Waals surface area (Å²) in [7, 11) is 0. The molecule has 100 valence electrons. The van der Waals surface area contributed by atoms with Crippen molar-refractivity contribution < 1.29 is 4.52 Å². The Kier molecular flexibility index (Phi) is 3.38. The molecule has 0 aliphatic heterocycles. The number of nitrogens with two attached hydrogens (primary N) is 1. The van der Waals surface area contributed by atoms with Crippen molar-refractivity contribution >= 4 is 29.0 Å². The van der Waals surface area contributed by atoms with Crippen molar-refractivity contribution in [3.05, 3.63) is 58.6 Å². The molecule has 20 heavy (non-hydrogen) atoms. The van der Waals surface area contributed by atoms with E-state index in [9.17, 15) is 0 Å². The van der Waals surface area contributed by atoms with E-state index in [0.717, 1.165) is 16.7 Å². The monoisotopic (exact) mass is 304 g/mol. The van der Waals surface area contributed by atoms with Crippen LogP contribution in [0.3, 0.4) is 0 Å².